The normalized spacial score (nSPS) is 14.8. The van der Waals surface area contributed by atoms with Gasteiger partial charge in [0.2, 0.25) is 0 Å². The molecular formula is C13H17Cl2F. The zero-order chi connectivity index (χ0) is 12.2. The van der Waals surface area contributed by atoms with Gasteiger partial charge in [-0.05, 0) is 36.0 Å². The largest absolute Gasteiger partial charge is 0.207 e. The van der Waals surface area contributed by atoms with E-state index >= 15 is 0 Å². The lowest BCUT2D eigenvalue weighted by Crippen LogP contribution is -2.21. The van der Waals surface area contributed by atoms with Crippen LogP contribution in [0.2, 0.25) is 5.02 Å². The number of benzene rings is 1. The van der Waals surface area contributed by atoms with Gasteiger partial charge in [0, 0.05) is 10.9 Å². The molecule has 1 rings (SSSR count). The van der Waals surface area contributed by atoms with E-state index in [0.29, 0.717) is 10.9 Å². The second-order valence-electron chi connectivity index (χ2n) is 4.61. The Hall–Kier alpha value is -0.270. The van der Waals surface area contributed by atoms with E-state index < -0.39 is 0 Å². The predicted molar refractivity (Wildman–Crippen MR) is 68.8 cm³/mol. The maximum absolute atomic E-state index is 12.9. The molecule has 0 saturated carbocycles. The first-order chi connectivity index (χ1) is 7.50. The summed E-state index contributed by atoms with van der Waals surface area (Å²) in [6.45, 7) is 4.28. The zero-order valence-corrected chi connectivity index (χ0v) is 11.2. The van der Waals surface area contributed by atoms with Crippen LogP contribution in [-0.2, 0) is 6.42 Å². The second-order valence-corrected chi connectivity index (χ2v) is 5.28. The van der Waals surface area contributed by atoms with Crippen molar-refractivity contribution in [2.24, 2.45) is 5.41 Å². The van der Waals surface area contributed by atoms with E-state index in [1.807, 2.05) is 0 Å². The molecule has 0 aliphatic heterocycles. The molecule has 0 aromatic heterocycles. The van der Waals surface area contributed by atoms with Crippen molar-refractivity contribution in [1.29, 1.82) is 0 Å². The van der Waals surface area contributed by atoms with Crippen molar-refractivity contribution in [2.75, 3.05) is 5.88 Å². The quantitative estimate of drug-likeness (QED) is 0.651. The topological polar surface area (TPSA) is 0 Å². The molecule has 1 aromatic carbocycles. The lowest BCUT2D eigenvalue weighted by molar-refractivity contribution is 0.335. The highest BCUT2D eigenvalue weighted by Crippen LogP contribution is 2.32. The Morgan fingerprint density at radius 2 is 2.06 bits per heavy atom. The Balaban J connectivity index is 2.85. The minimum atomic E-state index is -0.295. The van der Waals surface area contributed by atoms with Crippen LogP contribution in [0, 0.1) is 11.2 Å². The van der Waals surface area contributed by atoms with Gasteiger partial charge in [0.05, 0.1) is 0 Å². The lowest BCUT2D eigenvalue weighted by atomic mass is 9.81. The Morgan fingerprint density at radius 1 is 1.38 bits per heavy atom. The van der Waals surface area contributed by atoms with Gasteiger partial charge in [-0.2, -0.15) is 0 Å². The first-order valence-electron chi connectivity index (χ1n) is 5.50. The van der Waals surface area contributed by atoms with Crippen molar-refractivity contribution in [1.82, 2.24) is 0 Å². The van der Waals surface area contributed by atoms with E-state index in [9.17, 15) is 4.39 Å². The number of halogens is 3. The maximum atomic E-state index is 12.9. The van der Waals surface area contributed by atoms with E-state index in [0.717, 1.165) is 24.8 Å². The van der Waals surface area contributed by atoms with Crippen LogP contribution < -0.4 is 0 Å². The van der Waals surface area contributed by atoms with Crippen LogP contribution in [0.4, 0.5) is 4.39 Å². The molecule has 0 spiro atoms. The van der Waals surface area contributed by atoms with E-state index in [2.05, 4.69) is 13.8 Å². The molecule has 0 aliphatic carbocycles. The van der Waals surface area contributed by atoms with Crippen molar-refractivity contribution in [2.45, 2.75) is 33.1 Å². The van der Waals surface area contributed by atoms with Gasteiger partial charge in [-0.3, -0.25) is 0 Å². The van der Waals surface area contributed by atoms with Gasteiger partial charge < -0.3 is 0 Å². The molecule has 16 heavy (non-hydrogen) atoms. The molecule has 0 saturated heterocycles. The molecular weight excluding hydrogens is 246 g/mol. The highest BCUT2D eigenvalue weighted by molar-refractivity contribution is 6.31. The molecule has 3 heteroatoms. The van der Waals surface area contributed by atoms with Crippen LogP contribution in [0.25, 0.3) is 0 Å². The average molecular weight is 263 g/mol. The van der Waals surface area contributed by atoms with Gasteiger partial charge >= 0.3 is 0 Å². The van der Waals surface area contributed by atoms with E-state index in [4.69, 9.17) is 23.2 Å². The summed E-state index contributed by atoms with van der Waals surface area (Å²) in [5.41, 5.74) is 1.01. The lowest BCUT2D eigenvalue weighted by Gasteiger charge is -2.27. The molecule has 1 atom stereocenters. The summed E-state index contributed by atoms with van der Waals surface area (Å²) in [7, 11) is 0. The van der Waals surface area contributed by atoms with Crippen molar-refractivity contribution in [3.05, 3.63) is 34.6 Å². The highest BCUT2D eigenvalue weighted by atomic mass is 35.5. The van der Waals surface area contributed by atoms with Gasteiger partial charge in [-0.1, -0.05) is 37.9 Å². The van der Waals surface area contributed by atoms with Crippen molar-refractivity contribution < 1.29 is 4.39 Å². The third-order valence-corrected chi connectivity index (χ3v) is 3.81. The summed E-state index contributed by atoms with van der Waals surface area (Å²) in [6.07, 6.45) is 2.93. The van der Waals surface area contributed by atoms with Crippen LogP contribution in [0.1, 0.15) is 32.3 Å². The fraction of sp³-hybridized carbons (Fsp3) is 0.538. The average Bonchev–Trinajstić information content (AvgIpc) is 2.23. The molecule has 0 aliphatic rings. The van der Waals surface area contributed by atoms with Gasteiger partial charge in [0.15, 0.2) is 0 Å². The molecule has 90 valence electrons. The summed E-state index contributed by atoms with van der Waals surface area (Å²) in [6, 6.07) is 4.55. The first kappa shape index (κ1) is 13.8. The molecule has 0 bridgehead atoms. The third-order valence-electron chi connectivity index (χ3n) is 2.81. The van der Waals surface area contributed by atoms with Crippen LogP contribution in [0.5, 0.6) is 0 Å². The Bertz CT molecular complexity index is 352. The maximum Gasteiger partial charge on any atom is 0.124 e. The van der Waals surface area contributed by atoms with Crippen LogP contribution >= 0.6 is 23.2 Å². The molecule has 0 N–H and O–H groups in total. The fourth-order valence-electron chi connectivity index (χ4n) is 1.93. The third kappa shape index (κ3) is 3.64. The molecule has 1 unspecified atom stereocenters. The minimum Gasteiger partial charge on any atom is -0.207 e. The monoisotopic (exact) mass is 262 g/mol. The van der Waals surface area contributed by atoms with Crippen LogP contribution in [0.3, 0.4) is 0 Å². The smallest absolute Gasteiger partial charge is 0.124 e. The Morgan fingerprint density at radius 3 is 2.56 bits per heavy atom. The predicted octanol–water partition coefficient (Wildman–Crippen LogP) is 5.07. The van der Waals surface area contributed by atoms with E-state index in [-0.39, 0.29) is 11.2 Å². The van der Waals surface area contributed by atoms with Gasteiger partial charge in [0.25, 0.3) is 0 Å². The summed E-state index contributed by atoms with van der Waals surface area (Å²) in [5, 5.41) is 0.493. The van der Waals surface area contributed by atoms with Crippen molar-refractivity contribution >= 4 is 23.2 Å². The number of alkyl halides is 1. The van der Waals surface area contributed by atoms with Crippen molar-refractivity contribution in [3.63, 3.8) is 0 Å². The summed E-state index contributed by atoms with van der Waals surface area (Å²) in [5.74, 6) is 0.297. The summed E-state index contributed by atoms with van der Waals surface area (Å²) >= 11 is 12.0. The number of hydrogen-bond donors (Lipinski definition) is 0. The Kier molecular flexibility index (Phi) is 5.07. The van der Waals surface area contributed by atoms with Crippen LogP contribution in [0.15, 0.2) is 18.2 Å². The minimum absolute atomic E-state index is 0.0395. The van der Waals surface area contributed by atoms with Gasteiger partial charge in [0.1, 0.15) is 5.82 Å². The number of rotatable bonds is 5. The first-order valence-corrected chi connectivity index (χ1v) is 6.42. The fourth-order valence-corrected chi connectivity index (χ4v) is 2.39. The molecule has 0 radical (unpaired) electrons. The zero-order valence-electron chi connectivity index (χ0n) is 9.69. The standard InChI is InChI=1S/C13H17Cl2F/c1-3-6-13(2,9-14)8-10-4-5-11(16)7-12(10)15/h4-5,7H,3,6,8-9H2,1-2H3. The molecule has 0 nitrogen and oxygen atoms in total. The second kappa shape index (κ2) is 5.88. The molecule has 0 heterocycles. The van der Waals surface area contributed by atoms with Crippen molar-refractivity contribution in [3.8, 4) is 0 Å². The molecule has 0 fully saturated rings. The molecule has 1 aromatic rings. The van der Waals surface area contributed by atoms with E-state index in [1.54, 1.807) is 6.07 Å². The van der Waals surface area contributed by atoms with Crippen LogP contribution in [-0.4, -0.2) is 5.88 Å². The highest BCUT2D eigenvalue weighted by Gasteiger charge is 2.23. The van der Waals surface area contributed by atoms with Gasteiger partial charge in [-0.15, -0.1) is 11.6 Å². The SMILES string of the molecule is CCCC(C)(CCl)Cc1ccc(F)cc1Cl. The number of hydrogen-bond acceptors (Lipinski definition) is 0. The summed E-state index contributed by atoms with van der Waals surface area (Å²) in [4.78, 5) is 0. The Labute approximate surface area is 107 Å². The van der Waals surface area contributed by atoms with E-state index in [1.165, 1.54) is 12.1 Å². The van der Waals surface area contributed by atoms with Gasteiger partial charge in [-0.25, -0.2) is 4.39 Å². The molecule has 0 amide bonds. The summed E-state index contributed by atoms with van der Waals surface area (Å²) < 4.78 is 12.9.